The molecule has 24 heavy (non-hydrogen) atoms. The molecule has 5 nitrogen and oxygen atoms in total. The normalized spacial score (nSPS) is 10.1. The van der Waals surface area contributed by atoms with Crippen LogP contribution in [-0.2, 0) is 4.79 Å². The van der Waals surface area contributed by atoms with Crippen molar-refractivity contribution in [1.29, 1.82) is 0 Å². The van der Waals surface area contributed by atoms with Crippen LogP contribution in [0, 0.1) is 0 Å². The highest BCUT2D eigenvalue weighted by Crippen LogP contribution is 2.25. The third-order valence-electron chi connectivity index (χ3n) is 3.42. The van der Waals surface area contributed by atoms with Gasteiger partial charge in [0.05, 0.1) is 25.5 Å². The molecule has 2 rings (SSSR count). The lowest BCUT2D eigenvalue weighted by Gasteiger charge is -2.10. The minimum Gasteiger partial charge on any atom is -0.496 e. The Morgan fingerprint density at radius 1 is 1.00 bits per heavy atom. The maximum atomic E-state index is 12.3. The highest BCUT2D eigenvalue weighted by molar-refractivity contribution is 6.31. The topological polar surface area (TPSA) is 64.6 Å². The molecule has 0 aliphatic rings. The molecule has 0 aliphatic carbocycles. The largest absolute Gasteiger partial charge is 0.496 e. The summed E-state index contributed by atoms with van der Waals surface area (Å²) in [6.45, 7) is 0. The quantitative estimate of drug-likeness (QED) is 0.770. The molecular weight excluding hydrogens is 330 g/mol. The summed E-state index contributed by atoms with van der Waals surface area (Å²) in [5.74, 6) is 0.529. The van der Waals surface area contributed by atoms with Crippen LogP contribution >= 0.6 is 11.6 Å². The lowest BCUT2D eigenvalue weighted by atomic mass is 10.1. The fourth-order valence-electron chi connectivity index (χ4n) is 2.22. The summed E-state index contributed by atoms with van der Waals surface area (Å²) in [7, 11) is 3.01. The molecule has 0 spiro atoms. The number of hydrogen-bond donors (Lipinski definition) is 1. The average molecular weight is 348 g/mol. The van der Waals surface area contributed by atoms with E-state index in [0.29, 0.717) is 27.8 Å². The summed E-state index contributed by atoms with van der Waals surface area (Å²) < 4.78 is 10.3. The van der Waals surface area contributed by atoms with Crippen molar-refractivity contribution in [2.24, 2.45) is 0 Å². The molecule has 1 amide bonds. The van der Waals surface area contributed by atoms with E-state index in [1.807, 2.05) is 6.07 Å². The van der Waals surface area contributed by atoms with Crippen LogP contribution in [0.15, 0.2) is 42.5 Å². The number of ketones is 1. The Morgan fingerprint density at radius 2 is 1.71 bits per heavy atom. The number of ether oxygens (including phenoxy) is 2. The number of nitrogens with one attached hydrogen (secondary N) is 1. The van der Waals surface area contributed by atoms with E-state index < -0.39 is 0 Å². The second-order valence-corrected chi connectivity index (χ2v) is 5.45. The van der Waals surface area contributed by atoms with Crippen molar-refractivity contribution in [2.45, 2.75) is 12.8 Å². The first kappa shape index (κ1) is 17.8. The lowest BCUT2D eigenvalue weighted by molar-refractivity contribution is -0.116. The molecule has 0 bridgehead atoms. The van der Waals surface area contributed by atoms with Gasteiger partial charge in [-0.1, -0.05) is 23.7 Å². The van der Waals surface area contributed by atoms with Crippen molar-refractivity contribution in [3.05, 3.63) is 53.1 Å². The zero-order valence-electron chi connectivity index (χ0n) is 13.5. The molecule has 0 unspecified atom stereocenters. The van der Waals surface area contributed by atoms with Crippen LogP contribution in [0.4, 0.5) is 5.69 Å². The number of carbonyl (C=O) groups excluding carboxylic acids is 2. The van der Waals surface area contributed by atoms with Crippen LogP contribution in [0.5, 0.6) is 11.5 Å². The second-order valence-electron chi connectivity index (χ2n) is 5.02. The van der Waals surface area contributed by atoms with Gasteiger partial charge in [-0.15, -0.1) is 0 Å². The highest BCUT2D eigenvalue weighted by atomic mass is 35.5. The van der Waals surface area contributed by atoms with E-state index in [1.165, 1.54) is 14.2 Å². The van der Waals surface area contributed by atoms with Crippen LogP contribution in [0.25, 0.3) is 0 Å². The fourth-order valence-corrected chi connectivity index (χ4v) is 2.39. The Kier molecular flexibility index (Phi) is 6.21. The van der Waals surface area contributed by atoms with Gasteiger partial charge in [0.25, 0.3) is 0 Å². The van der Waals surface area contributed by atoms with Gasteiger partial charge in [0.2, 0.25) is 5.91 Å². The van der Waals surface area contributed by atoms with Crippen molar-refractivity contribution in [1.82, 2.24) is 0 Å². The standard InChI is InChI=1S/C18H18ClNO4/c1-23-16-9-7-12(19)11-13(16)15(21)8-10-18(22)20-14-5-3-4-6-17(14)24-2/h3-7,9,11H,8,10H2,1-2H3,(H,20,22). The highest BCUT2D eigenvalue weighted by Gasteiger charge is 2.15. The zero-order valence-corrected chi connectivity index (χ0v) is 14.2. The Morgan fingerprint density at radius 3 is 2.42 bits per heavy atom. The number of amides is 1. The lowest BCUT2D eigenvalue weighted by Crippen LogP contribution is -2.14. The Balaban J connectivity index is 1.99. The monoisotopic (exact) mass is 347 g/mol. The van der Waals surface area contributed by atoms with Crippen molar-refractivity contribution in [3.63, 3.8) is 0 Å². The van der Waals surface area contributed by atoms with Crippen LogP contribution in [0.2, 0.25) is 5.02 Å². The van der Waals surface area contributed by atoms with Crippen molar-refractivity contribution >= 4 is 29.0 Å². The number of benzene rings is 2. The Hall–Kier alpha value is -2.53. The van der Waals surface area contributed by atoms with Gasteiger partial charge in [-0.2, -0.15) is 0 Å². The molecule has 2 aromatic carbocycles. The molecule has 1 N–H and O–H groups in total. The van der Waals surface area contributed by atoms with Crippen molar-refractivity contribution < 1.29 is 19.1 Å². The van der Waals surface area contributed by atoms with Crippen molar-refractivity contribution in [2.75, 3.05) is 19.5 Å². The van der Waals surface area contributed by atoms with E-state index in [0.717, 1.165) is 0 Å². The smallest absolute Gasteiger partial charge is 0.224 e. The molecule has 2 aromatic rings. The molecule has 6 heteroatoms. The minimum atomic E-state index is -0.270. The molecule has 0 radical (unpaired) electrons. The molecule has 0 atom stereocenters. The van der Waals surface area contributed by atoms with Gasteiger partial charge in [0.1, 0.15) is 11.5 Å². The molecule has 126 valence electrons. The van der Waals surface area contributed by atoms with E-state index in [4.69, 9.17) is 21.1 Å². The summed E-state index contributed by atoms with van der Waals surface area (Å²) >= 11 is 5.92. The summed E-state index contributed by atoms with van der Waals surface area (Å²) in [6, 6.07) is 11.9. The Bertz CT molecular complexity index is 746. The predicted molar refractivity (Wildman–Crippen MR) is 93.2 cm³/mol. The maximum absolute atomic E-state index is 12.3. The van der Waals surface area contributed by atoms with Gasteiger partial charge in [-0.25, -0.2) is 0 Å². The van der Waals surface area contributed by atoms with Gasteiger partial charge >= 0.3 is 0 Å². The summed E-state index contributed by atoms with van der Waals surface area (Å²) in [5.41, 5.74) is 0.938. The van der Waals surface area contributed by atoms with Gasteiger partial charge in [0.15, 0.2) is 5.78 Å². The third kappa shape index (κ3) is 4.49. The van der Waals surface area contributed by atoms with E-state index in [1.54, 1.807) is 36.4 Å². The van der Waals surface area contributed by atoms with Gasteiger partial charge < -0.3 is 14.8 Å². The SMILES string of the molecule is COc1ccccc1NC(=O)CCC(=O)c1cc(Cl)ccc1OC. The van der Waals surface area contributed by atoms with E-state index in [9.17, 15) is 9.59 Å². The Labute approximate surface area is 145 Å². The summed E-state index contributed by atoms with van der Waals surface area (Å²) in [5, 5.41) is 3.18. The average Bonchev–Trinajstić information content (AvgIpc) is 2.60. The zero-order chi connectivity index (χ0) is 17.5. The number of hydrogen-bond acceptors (Lipinski definition) is 4. The van der Waals surface area contributed by atoms with Gasteiger partial charge in [0, 0.05) is 17.9 Å². The number of methoxy groups -OCH3 is 2. The first-order valence-corrected chi connectivity index (χ1v) is 7.72. The first-order chi connectivity index (χ1) is 11.5. The number of carbonyl (C=O) groups is 2. The fraction of sp³-hybridized carbons (Fsp3) is 0.222. The van der Waals surface area contributed by atoms with Crippen molar-refractivity contribution in [3.8, 4) is 11.5 Å². The maximum Gasteiger partial charge on any atom is 0.224 e. The molecule has 0 aliphatic heterocycles. The van der Waals surface area contributed by atoms with Gasteiger partial charge in [-0.3, -0.25) is 9.59 Å². The van der Waals surface area contributed by atoms with Crippen LogP contribution < -0.4 is 14.8 Å². The molecular formula is C18H18ClNO4. The van der Waals surface area contributed by atoms with E-state index in [-0.39, 0.29) is 24.5 Å². The summed E-state index contributed by atoms with van der Waals surface area (Å²) in [6.07, 6.45) is 0.101. The second kappa shape index (κ2) is 8.36. The third-order valence-corrected chi connectivity index (χ3v) is 3.66. The number of para-hydroxylation sites is 2. The first-order valence-electron chi connectivity index (χ1n) is 7.34. The van der Waals surface area contributed by atoms with Crippen LogP contribution in [0.1, 0.15) is 23.2 Å². The van der Waals surface area contributed by atoms with Crippen LogP contribution in [0.3, 0.4) is 0 Å². The predicted octanol–water partition coefficient (Wildman–Crippen LogP) is 3.96. The number of rotatable bonds is 7. The van der Waals surface area contributed by atoms with Gasteiger partial charge in [-0.05, 0) is 30.3 Å². The van der Waals surface area contributed by atoms with E-state index in [2.05, 4.69) is 5.32 Å². The molecule has 0 heterocycles. The summed E-state index contributed by atoms with van der Waals surface area (Å²) in [4.78, 5) is 24.4. The van der Waals surface area contributed by atoms with Crippen LogP contribution in [-0.4, -0.2) is 25.9 Å². The molecule has 0 fully saturated rings. The number of halogens is 1. The molecule has 0 saturated carbocycles. The number of Topliss-reactive ketones (excluding diaryl/α,β-unsaturated/α-hetero) is 1. The molecule has 0 saturated heterocycles. The van der Waals surface area contributed by atoms with E-state index >= 15 is 0 Å². The number of anilines is 1. The minimum absolute atomic E-state index is 0.0482. The molecule has 0 aromatic heterocycles.